The van der Waals surface area contributed by atoms with Crippen LogP contribution in [0.15, 0.2) is 18.5 Å². The molecule has 2 aromatic rings. The zero-order chi connectivity index (χ0) is 8.84. The standard InChI is InChI=1S/C10H11N3/c1-7-9-4-5-13(8-2-3-8)10(9)6-11-12-7/h4-6,8H,2-3H2,1H3. The summed E-state index contributed by atoms with van der Waals surface area (Å²) in [5.41, 5.74) is 2.26. The Hall–Kier alpha value is -1.38. The van der Waals surface area contributed by atoms with Crippen LogP contribution in [0.1, 0.15) is 24.6 Å². The molecule has 13 heavy (non-hydrogen) atoms. The minimum atomic E-state index is 0.723. The number of hydrogen-bond acceptors (Lipinski definition) is 2. The Bertz CT molecular complexity index is 454. The summed E-state index contributed by atoms with van der Waals surface area (Å²) in [7, 11) is 0. The highest BCUT2D eigenvalue weighted by Crippen LogP contribution is 2.37. The molecule has 0 aliphatic heterocycles. The summed E-state index contributed by atoms with van der Waals surface area (Å²) in [4.78, 5) is 0. The fourth-order valence-electron chi connectivity index (χ4n) is 1.80. The highest BCUT2D eigenvalue weighted by Gasteiger charge is 2.24. The van der Waals surface area contributed by atoms with Gasteiger partial charge >= 0.3 is 0 Å². The van der Waals surface area contributed by atoms with E-state index in [1.807, 2.05) is 13.1 Å². The molecule has 0 radical (unpaired) electrons. The maximum absolute atomic E-state index is 4.04. The summed E-state index contributed by atoms with van der Waals surface area (Å²) < 4.78 is 2.32. The molecule has 0 bridgehead atoms. The van der Waals surface area contributed by atoms with E-state index in [0.717, 1.165) is 11.7 Å². The van der Waals surface area contributed by atoms with E-state index in [4.69, 9.17) is 0 Å². The van der Waals surface area contributed by atoms with E-state index in [9.17, 15) is 0 Å². The van der Waals surface area contributed by atoms with Crippen LogP contribution in [0.25, 0.3) is 10.9 Å². The highest BCUT2D eigenvalue weighted by atomic mass is 15.1. The molecule has 0 atom stereocenters. The Balaban J connectivity index is 2.32. The number of fused-ring (bicyclic) bond motifs is 1. The van der Waals surface area contributed by atoms with Crippen molar-refractivity contribution in [1.29, 1.82) is 0 Å². The fraction of sp³-hybridized carbons (Fsp3) is 0.400. The largest absolute Gasteiger partial charge is 0.343 e. The van der Waals surface area contributed by atoms with Crippen molar-refractivity contribution in [2.45, 2.75) is 25.8 Å². The first-order valence-electron chi connectivity index (χ1n) is 4.65. The van der Waals surface area contributed by atoms with E-state index in [1.165, 1.54) is 23.7 Å². The van der Waals surface area contributed by atoms with Crippen LogP contribution < -0.4 is 0 Å². The van der Waals surface area contributed by atoms with Crippen molar-refractivity contribution in [2.24, 2.45) is 0 Å². The van der Waals surface area contributed by atoms with Crippen LogP contribution in [-0.4, -0.2) is 14.8 Å². The molecule has 0 N–H and O–H groups in total. The number of nitrogens with zero attached hydrogens (tertiary/aromatic N) is 3. The minimum Gasteiger partial charge on any atom is -0.343 e. The molecule has 3 heteroatoms. The summed E-state index contributed by atoms with van der Waals surface area (Å²) in [6.07, 6.45) is 6.63. The van der Waals surface area contributed by atoms with Crippen molar-refractivity contribution in [2.75, 3.05) is 0 Å². The zero-order valence-electron chi connectivity index (χ0n) is 7.57. The summed E-state index contributed by atoms with van der Waals surface area (Å²) in [5, 5.41) is 9.26. The van der Waals surface area contributed by atoms with Gasteiger partial charge in [0, 0.05) is 17.6 Å². The van der Waals surface area contributed by atoms with Crippen molar-refractivity contribution in [1.82, 2.24) is 14.8 Å². The van der Waals surface area contributed by atoms with Crippen LogP contribution in [0, 0.1) is 6.92 Å². The van der Waals surface area contributed by atoms with E-state index in [2.05, 4.69) is 27.0 Å². The van der Waals surface area contributed by atoms with Crippen molar-refractivity contribution in [3.63, 3.8) is 0 Å². The average Bonchev–Trinajstić information content (AvgIpc) is 2.87. The number of rotatable bonds is 1. The second-order valence-corrected chi connectivity index (χ2v) is 3.68. The van der Waals surface area contributed by atoms with Crippen LogP contribution in [0.4, 0.5) is 0 Å². The van der Waals surface area contributed by atoms with Gasteiger partial charge in [0.25, 0.3) is 0 Å². The topological polar surface area (TPSA) is 30.7 Å². The molecule has 3 rings (SSSR count). The Morgan fingerprint density at radius 1 is 1.46 bits per heavy atom. The van der Waals surface area contributed by atoms with Crippen LogP contribution in [0.5, 0.6) is 0 Å². The van der Waals surface area contributed by atoms with E-state index in [1.54, 1.807) is 0 Å². The molecule has 0 amide bonds. The van der Waals surface area contributed by atoms with Crippen molar-refractivity contribution in [3.05, 3.63) is 24.2 Å². The van der Waals surface area contributed by atoms with Gasteiger partial charge in [-0.2, -0.15) is 10.2 Å². The van der Waals surface area contributed by atoms with Crippen molar-refractivity contribution >= 4 is 10.9 Å². The number of aryl methyl sites for hydroxylation is 1. The molecule has 0 aromatic carbocycles. The zero-order valence-corrected chi connectivity index (χ0v) is 7.57. The molecule has 2 aromatic heterocycles. The van der Waals surface area contributed by atoms with Gasteiger partial charge in [-0.05, 0) is 25.8 Å². The third-order valence-electron chi connectivity index (χ3n) is 2.67. The van der Waals surface area contributed by atoms with Gasteiger partial charge in [-0.25, -0.2) is 0 Å². The van der Waals surface area contributed by atoms with E-state index in [0.29, 0.717) is 0 Å². The molecule has 0 saturated heterocycles. The monoisotopic (exact) mass is 173 g/mol. The predicted molar refractivity (Wildman–Crippen MR) is 50.5 cm³/mol. The van der Waals surface area contributed by atoms with Crippen LogP contribution >= 0.6 is 0 Å². The van der Waals surface area contributed by atoms with Gasteiger partial charge in [0.1, 0.15) is 0 Å². The second-order valence-electron chi connectivity index (χ2n) is 3.68. The first-order chi connectivity index (χ1) is 6.36. The molecule has 1 aliphatic rings. The average molecular weight is 173 g/mol. The van der Waals surface area contributed by atoms with Gasteiger partial charge in [0.15, 0.2) is 0 Å². The van der Waals surface area contributed by atoms with Crippen LogP contribution in [0.3, 0.4) is 0 Å². The molecular formula is C10H11N3. The van der Waals surface area contributed by atoms with E-state index >= 15 is 0 Å². The summed E-state index contributed by atoms with van der Waals surface area (Å²) in [5.74, 6) is 0. The van der Waals surface area contributed by atoms with Gasteiger partial charge in [0.2, 0.25) is 0 Å². The Morgan fingerprint density at radius 2 is 2.31 bits per heavy atom. The molecule has 66 valence electrons. The van der Waals surface area contributed by atoms with E-state index < -0.39 is 0 Å². The smallest absolute Gasteiger partial charge is 0.0739 e. The Morgan fingerprint density at radius 3 is 3.08 bits per heavy atom. The summed E-state index contributed by atoms with van der Waals surface area (Å²) in [6.45, 7) is 2.01. The SMILES string of the molecule is Cc1nncc2c1ccn2C1CC1. The first-order valence-corrected chi connectivity index (χ1v) is 4.65. The molecule has 3 nitrogen and oxygen atoms in total. The lowest BCUT2D eigenvalue weighted by Crippen LogP contribution is -1.93. The van der Waals surface area contributed by atoms with Crippen molar-refractivity contribution < 1.29 is 0 Å². The third-order valence-corrected chi connectivity index (χ3v) is 2.67. The number of hydrogen-bond donors (Lipinski definition) is 0. The molecular weight excluding hydrogens is 162 g/mol. The Labute approximate surface area is 76.4 Å². The fourth-order valence-corrected chi connectivity index (χ4v) is 1.80. The van der Waals surface area contributed by atoms with Crippen LogP contribution in [-0.2, 0) is 0 Å². The van der Waals surface area contributed by atoms with Crippen molar-refractivity contribution in [3.8, 4) is 0 Å². The summed E-state index contributed by atoms with van der Waals surface area (Å²) in [6, 6.07) is 2.86. The predicted octanol–water partition coefficient (Wildman–Crippen LogP) is 2.07. The van der Waals surface area contributed by atoms with Gasteiger partial charge in [-0.15, -0.1) is 0 Å². The van der Waals surface area contributed by atoms with E-state index in [-0.39, 0.29) is 0 Å². The Kier molecular flexibility index (Phi) is 1.26. The quantitative estimate of drug-likeness (QED) is 0.661. The van der Waals surface area contributed by atoms with Gasteiger partial charge in [-0.1, -0.05) is 0 Å². The maximum Gasteiger partial charge on any atom is 0.0739 e. The summed E-state index contributed by atoms with van der Waals surface area (Å²) >= 11 is 0. The van der Waals surface area contributed by atoms with Gasteiger partial charge in [0.05, 0.1) is 17.4 Å². The maximum atomic E-state index is 4.04. The molecule has 2 heterocycles. The third kappa shape index (κ3) is 0.963. The van der Waals surface area contributed by atoms with Crippen LogP contribution in [0.2, 0.25) is 0 Å². The molecule has 1 aliphatic carbocycles. The lowest BCUT2D eigenvalue weighted by atomic mass is 10.3. The first kappa shape index (κ1) is 7.06. The molecule has 1 saturated carbocycles. The number of aromatic nitrogens is 3. The molecule has 0 spiro atoms. The lowest BCUT2D eigenvalue weighted by molar-refractivity contribution is 0.772. The molecule has 0 unspecified atom stereocenters. The van der Waals surface area contributed by atoms with Gasteiger partial charge < -0.3 is 4.57 Å². The highest BCUT2D eigenvalue weighted by molar-refractivity contribution is 5.81. The normalized spacial score (nSPS) is 16.7. The van der Waals surface area contributed by atoms with Gasteiger partial charge in [-0.3, -0.25) is 0 Å². The lowest BCUT2D eigenvalue weighted by Gasteiger charge is -2.01. The molecule has 1 fully saturated rings. The second kappa shape index (κ2) is 2.31. The minimum absolute atomic E-state index is 0.723.